The Kier molecular flexibility index (Phi) is 6.44. The summed E-state index contributed by atoms with van der Waals surface area (Å²) in [5.41, 5.74) is 1.19. The lowest BCUT2D eigenvalue weighted by Crippen LogP contribution is -3.00. The number of aromatic nitrogens is 1. The van der Waals surface area contributed by atoms with Crippen molar-refractivity contribution < 1.29 is 12.4 Å². The Balaban J connectivity index is 0.00000210. The fourth-order valence-electron chi connectivity index (χ4n) is 3.49. The third kappa shape index (κ3) is 3.99. The summed E-state index contributed by atoms with van der Waals surface area (Å²) in [5, 5.41) is 7.57. The van der Waals surface area contributed by atoms with E-state index in [1.54, 1.807) is 11.3 Å². The molecule has 0 atom stereocenters. The van der Waals surface area contributed by atoms with E-state index in [0.717, 1.165) is 11.2 Å². The van der Waals surface area contributed by atoms with Gasteiger partial charge in [0.1, 0.15) is 29.3 Å². The highest BCUT2D eigenvalue weighted by molar-refractivity contribution is 7.95. The standard InChI is InChI=1S/C23H21NPS.ClH/c1-19-24-20(18-26-19)17-25(21-11-5-2-6-12-21,22-13-7-3-8-14-22)23-15-9-4-10-16-23;/h2-16,18H,17H2,1H3;1H/q+1;/p-1. The summed E-state index contributed by atoms with van der Waals surface area (Å²) < 4.78 is 0. The minimum Gasteiger partial charge on any atom is -1.00 e. The summed E-state index contributed by atoms with van der Waals surface area (Å²) in [6.07, 6.45) is 0.954. The highest BCUT2D eigenvalue weighted by atomic mass is 35.5. The highest BCUT2D eigenvalue weighted by Crippen LogP contribution is 2.58. The van der Waals surface area contributed by atoms with Crippen molar-refractivity contribution in [1.82, 2.24) is 4.98 Å². The number of rotatable bonds is 5. The summed E-state index contributed by atoms with van der Waals surface area (Å²) in [7, 11) is -1.82. The fraction of sp³-hybridized carbons (Fsp3) is 0.0870. The van der Waals surface area contributed by atoms with Crippen LogP contribution >= 0.6 is 18.6 Å². The van der Waals surface area contributed by atoms with Crippen LogP contribution in [0, 0.1) is 6.92 Å². The molecule has 0 saturated heterocycles. The topological polar surface area (TPSA) is 12.9 Å². The van der Waals surface area contributed by atoms with E-state index in [1.165, 1.54) is 21.6 Å². The molecule has 0 amide bonds. The minimum absolute atomic E-state index is 0. The zero-order valence-corrected chi connectivity index (χ0v) is 17.6. The molecule has 4 heteroatoms. The Morgan fingerprint density at radius 3 is 1.44 bits per heavy atom. The van der Waals surface area contributed by atoms with Gasteiger partial charge in [0.2, 0.25) is 0 Å². The molecule has 1 heterocycles. The average Bonchev–Trinajstić information content (AvgIpc) is 3.13. The minimum atomic E-state index is -1.82. The van der Waals surface area contributed by atoms with E-state index in [9.17, 15) is 0 Å². The zero-order valence-electron chi connectivity index (χ0n) is 15.1. The first kappa shape index (κ1) is 19.8. The maximum atomic E-state index is 4.82. The van der Waals surface area contributed by atoms with Crippen molar-refractivity contribution in [3.05, 3.63) is 107 Å². The molecule has 0 saturated carbocycles. The van der Waals surface area contributed by atoms with E-state index in [4.69, 9.17) is 4.98 Å². The molecule has 0 aliphatic carbocycles. The number of nitrogens with zero attached hydrogens (tertiary/aromatic N) is 1. The van der Waals surface area contributed by atoms with Crippen LogP contribution in [0.3, 0.4) is 0 Å². The molecule has 1 aromatic heterocycles. The van der Waals surface area contributed by atoms with Crippen LogP contribution in [0.4, 0.5) is 0 Å². The first-order chi connectivity index (χ1) is 12.8. The van der Waals surface area contributed by atoms with Gasteiger partial charge in [-0.3, -0.25) is 0 Å². The average molecular weight is 410 g/mol. The van der Waals surface area contributed by atoms with Gasteiger partial charge in [0, 0.05) is 5.38 Å². The smallest absolute Gasteiger partial charge is 0.118 e. The third-order valence-electron chi connectivity index (χ3n) is 4.66. The summed E-state index contributed by atoms with van der Waals surface area (Å²) >= 11 is 1.74. The molecule has 0 N–H and O–H groups in total. The van der Waals surface area contributed by atoms with Crippen LogP contribution in [-0.2, 0) is 6.16 Å². The van der Waals surface area contributed by atoms with Gasteiger partial charge in [-0.1, -0.05) is 54.6 Å². The Morgan fingerprint density at radius 2 is 1.11 bits per heavy atom. The Labute approximate surface area is 171 Å². The predicted molar refractivity (Wildman–Crippen MR) is 116 cm³/mol. The second-order valence-corrected chi connectivity index (χ2v) is 10.9. The molecular weight excluding hydrogens is 389 g/mol. The SMILES string of the molecule is Cc1nc(C[P+](c2ccccc2)(c2ccccc2)c2ccccc2)cs1.[Cl-]. The van der Waals surface area contributed by atoms with E-state index < -0.39 is 7.26 Å². The van der Waals surface area contributed by atoms with Gasteiger partial charge in [-0.2, -0.15) is 0 Å². The van der Waals surface area contributed by atoms with Crippen LogP contribution in [0.15, 0.2) is 96.4 Å². The molecule has 0 bridgehead atoms. The Bertz CT molecular complexity index is 874. The van der Waals surface area contributed by atoms with Crippen LogP contribution in [0.25, 0.3) is 0 Å². The van der Waals surface area contributed by atoms with Crippen molar-refractivity contribution in [3.63, 3.8) is 0 Å². The van der Waals surface area contributed by atoms with Gasteiger partial charge in [-0.05, 0) is 43.3 Å². The van der Waals surface area contributed by atoms with E-state index in [2.05, 4.69) is 103 Å². The molecule has 136 valence electrons. The van der Waals surface area contributed by atoms with Gasteiger partial charge >= 0.3 is 0 Å². The molecule has 3 aromatic carbocycles. The van der Waals surface area contributed by atoms with Crippen LogP contribution in [0.2, 0.25) is 0 Å². The molecule has 0 unspecified atom stereocenters. The Morgan fingerprint density at radius 1 is 0.704 bits per heavy atom. The molecule has 0 spiro atoms. The molecule has 0 aliphatic heterocycles. The largest absolute Gasteiger partial charge is 1.00 e. The highest BCUT2D eigenvalue weighted by Gasteiger charge is 2.45. The summed E-state index contributed by atoms with van der Waals surface area (Å²) in [5.74, 6) is 0. The molecule has 4 aromatic rings. The number of halogens is 1. The second kappa shape index (κ2) is 8.80. The zero-order chi connectivity index (χ0) is 17.8. The van der Waals surface area contributed by atoms with E-state index in [-0.39, 0.29) is 12.4 Å². The van der Waals surface area contributed by atoms with Gasteiger partial charge in [-0.25, -0.2) is 4.98 Å². The second-order valence-electron chi connectivity index (χ2n) is 6.33. The summed E-state index contributed by atoms with van der Waals surface area (Å²) in [6.45, 7) is 2.09. The summed E-state index contributed by atoms with van der Waals surface area (Å²) in [4.78, 5) is 4.82. The third-order valence-corrected chi connectivity index (χ3v) is 9.82. The maximum Gasteiger partial charge on any atom is 0.118 e. The van der Waals surface area contributed by atoms with Crippen molar-refractivity contribution >= 4 is 34.5 Å². The maximum absolute atomic E-state index is 4.82. The number of hydrogen-bond donors (Lipinski definition) is 0. The van der Waals surface area contributed by atoms with Crippen molar-refractivity contribution in [2.75, 3.05) is 0 Å². The van der Waals surface area contributed by atoms with Crippen molar-refractivity contribution in [1.29, 1.82) is 0 Å². The van der Waals surface area contributed by atoms with Gasteiger partial charge in [0.25, 0.3) is 0 Å². The fourth-order valence-corrected chi connectivity index (χ4v) is 8.36. The molecule has 4 rings (SSSR count). The Hall–Kier alpha value is -1.99. The molecule has 0 fully saturated rings. The first-order valence-electron chi connectivity index (χ1n) is 8.75. The molecule has 27 heavy (non-hydrogen) atoms. The quantitative estimate of drug-likeness (QED) is 0.459. The first-order valence-corrected chi connectivity index (χ1v) is 11.6. The van der Waals surface area contributed by atoms with Gasteiger partial charge in [-0.15, -0.1) is 11.3 Å². The monoisotopic (exact) mass is 409 g/mol. The number of benzene rings is 3. The van der Waals surface area contributed by atoms with E-state index in [0.29, 0.717) is 0 Å². The number of hydrogen-bond acceptors (Lipinski definition) is 2. The molecule has 1 nitrogen and oxygen atoms in total. The lowest BCUT2D eigenvalue weighted by Gasteiger charge is -2.27. The molecule has 0 radical (unpaired) electrons. The normalized spacial score (nSPS) is 11.0. The number of aryl methyl sites for hydroxylation is 1. The van der Waals surface area contributed by atoms with Crippen LogP contribution < -0.4 is 28.3 Å². The molecular formula is C23H21ClNPS. The van der Waals surface area contributed by atoms with Crippen LogP contribution in [0.1, 0.15) is 10.7 Å². The van der Waals surface area contributed by atoms with Crippen molar-refractivity contribution in [2.45, 2.75) is 13.1 Å². The summed E-state index contributed by atoms with van der Waals surface area (Å²) in [6, 6.07) is 32.9. The molecule has 0 aliphatic rings. The lowest BCUT2D eigenvalue weighted by molar-refractivity contribution is -0.00000518. The van der Waals surface area contributed by atoms with Gasteiger partial charge in [0.15, 0.2) is 0 Å². The predicted octanol–water partition coefficient (Wildman–Crippen LogP) is 1.95. The lowest BCUT2D eigenvalue weighted by atomic mass is 10.4. The van der Waals surface area contributed by atoms with Crippen LogP contribution in [-0.4, -0.2) is 4.98 Å². The van der Waals surface area contributed by atoms with Gasteiger partial charge < -0.3 is 12.4 Å². The van der Waals surface area contributed by atoms with Gasteiger partial charge in [0.05, 0.1) is 10.7 Å². The van der Waals surface area contributed by atoms with E-state index >= 15 is 0 Å². The number of thiazole rings is 1. The van der Waals surface area contributed by atoms with Crippen LogP contribution in [0.5, 0.6) is 0 Å². The van der Waals surface area contributed by atoms with E-state index in [1.807, 2.05) is 0 Å². The van der Waals surface area contributed by atoms with Crippen molar-refractivity contribution in [3.8, 4) is 0 Å². The van der Waals surface area contributed by atoms with Crippen molar-refractivity contribution in [2.24, 2.45) is 0 Å².